The molecule has 4 aromatic rings. The maximum absolute atomic E-state index is 12.8. The van der Waals surface area contributed by atoms with E-state index in [9.17, 15) is 4.79 Å². The van der Waals surface area contributed by atoms with Crippen molar-refractivity contribution in [2.45, 2.75) is 38.9 Å². The number of nitrogens with zero attached hydrogens (tertiary/aromatic N) is 4. The van der Waals surface area contributed by atoms with Crippen molar-refractivity contribution in [3.8, 4) is 22.8 Å². The maximum Gasteiger partial charge on any atom is 0.230 e. The van der Waals surface area contributed by atoms with Crippen molar-refractivity contribution in [3.63, 3.8) is 0 Å². The van der Waals surface area contributed by atoms with Gasteiger partial charge in [0.15, 0.2) is 11.0 Å². The Bertz CT molecular complexity index is 1290. The van der Waals surface area contributed by atoms with Crippen molar-refractivity contribution >= 4 is 17.7 Å². The van der Waals surface area contributed by atoms with E-state index in [0.29, 0.717) is 17.6 Å². The topological polar surface area (TPSA) is 81.9 Å². The molecule has 0 spiro atoms. The van der Waals surface area contributed by atoms with Crippen LogP contribution >= 0.6 is 11.8 Å². The fourth-order valence-electron chi connectivity index (χ4n) is 3.67. The molecular formula is C27H29N5O2S. The Morgan fingerprint density at radius 2 is 1.77 bits per heavy atom. The van der Waals surface area contributed by atoms with Crippen molar-refractivity contribution in [1.82, 2.24) is 25.1 Å². The maximum atomic E-state index is 12.8. The first-order valence-electron chi connectivity index (χ1n) is 11.5. The zero-order valence-corrected chi connectivity index (χ0v) is 21.2. The monoisotopic (exact) mass is 487 g/mol. The van der Waals surface area contributed by atoms with Crippen LogP contribution in [0.4, 0.5) is 0 Å². The normalized spacial score (nSPS) is 11.8. The van der Waals surface area contributed by atoms with Gasteiger partial charge >= 0.3 is 0 Å². The molecule has 4 rings (SSSR count). The van der Waals surface area contributed by atoms with E-state index in [-0.39, 0.29) is 17.7 Å². The zero-order chi connectivity index (χ0) is 24.8. The standard InChI is InChI=1S/C27H29N5O2S/c1-5-34-24-10-8-23(9-11-24)32-26(21-12-14-28-15-13-21)30-31-27(32)35-17-25(33)29-20(4)22-7-6-18(2)19(3)16-22/h6-16,20H,5,17H2,1-4H3,(H,29,33). The van der Waals surface area contributed by atoms with Crippen LogP contribution in [0.25, 0.3) is 17.1 Å². The Morgan fingerprint density at radius 3 is 2.46 bits per heavy atom. The summed E-state index contributed by atoms with van der Waals surface area (Å²) in [5.74, 6) is 1.64. The lowest BCUT2D eigenvalue weighted by Gasteiger charge is -2.16. The van der Waals surface area contributed by atoms with Crippen LogP contribution < -0.4 is 10.1 Å². The average Bonchev–Trinajstić information content (AvgIpc) is 3.29. The van der Waals surface area contributed by atoms with Gasteiger partial charge in [0.2, 0.25) is 5.91 Å². The third-order valence-electron chi connectivity index (χ3n) is 5.72. The summed E-state index contributed by atoms with van der Waals surface area (Å²) in [4.78, 5) is 16.9. The van der Waals surface area contributed by atoms with Gasteiger partial charge in [-0.1, -0.05) is 30.0 Å². The van der Waals surface area contributed by atoms with Crippen LogP contribution in [0, 0.1) is 13.8 Å². The number of pyridine rings is 1. The van der Waals surface area contributed by atoms with Crippen molar-refractivity contribution in [2.24, 2.45) is 0 Å². The minimum Gasteiger partial charge on any atom is -0.494 e. The average molecular weight is 488 g/mol. The molecular weight excluding hydrogens is 458 g/mol. The fraction of sp³-hybridized carbons (Fsp3) is 0.259. The van der Waals surface area contributed by atoms with E-state index in [1.54, 1.807) is 12.4 Å². The van der Waals surface area contributed by atoms with Crippen LogP contribution in [0.2, 0.25) is 0 Å². The quantitative estimate of drug-likeness (QED) is 0.322. The first-order chi connectivity index (χ1) is 17.0. The van der Waals surface area contributed by atoms with E-state index in [1.165, 1.54) is 22.9 Å². The van der Waals surface area contributed by atoms with E-state index in [0.717, 1.165) is 22.6 Å². The Kier molecular flexibility index (Phi) is 7.82. The molecule has 0 saturated carbocycles. The molecule has 8 heteroatoms. The summed E-state index contributed by atoms with van der Waals surface area (Å²) in [6, 6.07) is 17.7. The van der Waals surface area contributed by atoms with Crippen LogP contribution in [0.5, 0.6) is 5.75 Å². The highest BCUT2D eigenvalue weighted by molar-refractivity contribution is 7.99. The van der Waals surface area contributed by atoms with Crippen molar-refractivity contribution in [3.05, 3.63) is 83.7 Å². The van der Waals surface area contributed by atoms with Crippen molar-refractivity contribution in [2.75, 3.05) is 12.4 Å². The molecule has 2 aromatic carbocycles. The van der Waals surface area contributed by atoms with Gasteiger partial charge in [-0.2, -0.15) is 0 Å². The highest BCUT2D eigenvalue weighted by Gasteiger charge is 2.18. The lowest BCUT2D eigenvalue weighted by Crippen LogP contribution is -2.28. The third kappa shape index (κ3) is 5.89. The Hall–Kier alpha value is -3.65. The Balaban J connectivity index is 1.53. The predicted octanol–water partition coefficient (Wildman–Crippen LogP) is 5.31. The number of hydrogen-bond donors (Lipinski definition) is 1. The number of ether oxygens (including phenoxy) is 1. The van der Waals surface area contributed by atoms with E-state index in [2.05, 4.69) is 52.5 Å². The second-order valence-electron chi connectivity index (χ2n) is 8.23. The van der Waals surface area contributed by atoms with Gasteiger partial charge in [-0.05, 0) is 80.8 Å². The van der Waals surface area contributed by atoms with Crippen LogP contribution in [0.1, 0.15) is 36.6 Å². The molecule has 2 heterocycles. The molecule has 0 aliphatic carbocycles. The predicted molar refractivity (Wildman–Crippen MR) is 139 cm³/mol. The fourth-order valence-corrected chi connectivity index (χ4v) is 4.44. The summed E-state index contributed by atoms with van der Waals surface area (Å²) < 4.78 is 7.54. The second-order valence-corrected chi connectivity index (χ2v) is 9.17. The SMILES string of the molecule is CCOc1ccc(-n2c(SCC(=O)NC(C)c3ccc(C)c(C)c3)nnc2-c2ccncc2)cc1. The number of carbonyl (C=O) groups excluding carboxylic acids is 1. The van der Waals surface area contributed by atoms with Crippen LogP contribution in [-0.2, 0) is 4.79 Å². The number of aryl methyl sites for hydroxylation is 2. The number of carbonyl (C=O) groups is 1. The zero-order valence-electron chi connectivity index (χ0n) is 20.4. The minimum atomic E-state index is -0.0845. The lowest BCUT2D eigenvalue weighted by molar-refractivity contribution is -0.119. The van der Waals surface area contributed by atoms with Gasteiger partial charge in [-0.3, -0.25) is 14.3 Å². The molecule has 0 saturated heterocycles. The summed E-state index contributed by atoms with van der Waals surface area (Å²) in [5, 5.41) is 12.6. The van der Waals surface area contributed by atoms with E-state index in [1.807, 2.05) is 54.8 Å². The number of amides is 1. The number of nitrogens with one attached hydrogen (secondary N) is 1. The number of aromatic nitrogens is 4. The van der Waals surface area contributed by atoms with Gasteiger partial charge in [0.05, 0.1) is 18.4 Å². The first kappa shape index (κ1) is 24.5. The van der Waals surface area contributed by atoms with E-state index in [4.69, 9.17) is 4.74 Å². The molecule has 0 bridgehead atoms. The van der Waals surface area contributed by atoms with E-state index >= 15 is 0 Å². The summed E-state index contributed by atoms with van der Waals surface area (Å²) in [7, 11) is 0. The number of thioether (sulfide) groups is 1. The minimum absolute atomic E-state index is 0.0626. The van der Waals surface area contributed by atoms with Crippen LogP contribution in [-0.4, -0.2) is 38.0 Å². The van der Waals surface area contributed by atoms with Crippen molar-refractivity contribution in [1.29, 1.82) is 0 Å². The smallest absolute Gasteiger partial charge is 0.230 e. The molecule has 1 atom stereocenters. The highest BCUT2D eigenvalue weighted by atomic mass is 32.2. The molecule has 0 aliphatic rings. The highest BCUT2D eigenvalue weighted by Crippen LogP contribution is 2.29. The van der Waals surface area contributed by atoms with Gasteiger partial charge in [0, 0.05) is 23.6 Å². The largest absolute Gasteiger partial charge is 0.494 e. The molecule has 1 amide bonds. The van der Waals surface area contributed by atoms with Gasteiger partial charge in [-0.15, -0.1) is 10.2 Å². The van der Waals surface area contributed by atoms with Gasteiger partial charge < -0.3 is 10.1 Å². The molecule has 0 radical (unpaired) electrons. The molecule has 7 nitrogen and oxygen atoms in total. The first-order valence-corrected chi connectivity index (χ1v) is 12.5. The summed E-state index contributed by atoms with van der Waals surface area (Å²) in [5.41, 5.74) is 5.31. The van der Waals surface area contributed by atoms with Gasteiger partial charge in [0.1, 0.15) is 5.75 Å². The summed E-state index contributed by atoms with van der Waals surface area (Å²) in [6.07, 6.45) is 3.45. The molecule has 1 N–H and O–H groups in total. The Morgan fingerprint density at radius 1 is 1.03 bits per heavy atom. The number of rotatable bonds is 9. The lowest BCUT2D eigenvalue weighted by atomic mass is 10.0. The third-order valence-corrected chi connectivity index (χ3v) is 6.65. The molecule has 0 fully saturated rings. The van der Waals surface area contributed by atoms with E-state index < -0.39 is 0 Å². The van der Waals surface area contributed by atoms with Crippen LogP contribution in [0.3, 0.4) is 0 Å². The molecule has 1 unspecified atom stereocenters. The van der Waals surface area contributed by atoms with Gasteiger partial charge in [0.25, 0.3) is 0 Å². The van der Waals surface area contributed by atoms with Crippen LogP contribution in [0.15, 0.2) is 72.1 Å². The molecule has 0 aliphatic heterocycles. The Labute approximate surface area is 210 Å². The van der Waals surface area contributed by atoms with Gasteiger partial charge in [-0.25, -0.2) is 0 Å². The summed E-state index contributed by atoms with van der Waals surface area (Å²) >= 11 is 1.35. The number of benzene rings is 2. The number of hydrogen-bond acceptors (Lipinski definition) is 6. The molecule has 180 valence electrons. The summed E-state index contributed by atoms with van der Waals surface area (Å²) in [6.45, 7) is 8.72. The second kappa shape index (κ2) is 11.2. The molecule has 35 heavy (non-hydrogen) atoms. The molecule has 2 aromatic heterocycles. The van der Waals surface area contributed by atoms with Crippen molar-refractivity contribution < 1.29 is 9.53 Å².